The maximum Gasteiger partial charge on any atom is 0.319 e. The first-order valence-corrected chi connectivity index (χ1v) is 5.62. The molecule has 0 spiro atoms. The van der Waals surface area contributed by atoms with E-state index in [4.69, 9.17) is 0 Å². The van der Waals surface area contributed by atoms with E-state index in [2.05, 4.69) is 31.9 Å². The average molecular weight is 341 g/mol. The van der Waals surface area contributed by atoms with E-state index in [1.807, 2.05) is 0 Å². The number of alkyl halides is 1. The molecule has 0 unspecified atom stereocenters. The lowest BCUT2D eigenvalue weighted by Crippen LogP contribution is -2.04. The van der Waals surface area contributed by atoms with Crippen molar-refractivity contribution in [2.75, 3.05) is 5.33 Å². The van der Waals surface area contributed by atoms with Crippen LogP contribution in [0.4, 0.5) is 10.1 Å². The number of benzene rings is 1. The third-order valence-electron chi connectivity index (χ3n) is 1.67. The van der Waals surface area contributed by atoms with Crippen molar-refractivity contribution in [2.45, 2.75) is 0 Å². The standard InChI is InChI=1S/C8H4Br2FNO3/c9-3-6(13)4-1-2-5(11)8(7(4)10)12(14)15/h1-2H,3H2. The van der Waals surface area contributed by atoms with Crippen LogP contribution in [0.2, 0.25) is 0 Å². The molecule has 0 saturated heterocycles. The lowest BCUT2D eigenvalue weighted by atomic mass is 10.1. The first-order valence-electron chi connectivity index (χ1n) is 3.70. The maximum absolute atomic E-state index is 13.1. The fourth-order valence-corrected chi connectivity index (χ4v) is 1.99. The summed E-state index contributed by atoms with van der Waals surface area (Å²) in [6.45, 7) is 0. The summed E-state index contributed by atoms with van der Waals surface area (Å²) in [5.41, 5.74) is -0.637. The normalized spacial score (nSPS) is 10.1. The summed E-state index contributed by atoms with van der Waals surface area (Å²) in [6, 6.07) is 2.11. The Hall–Kier alpha value is -0.820. The van der Waals surface area contributed by atoms with Crippen LogP contribution in [0.1, 0.15) is 10.4 Å². The molecule has 0 aromatic heterocycles. The Morgan fingerprint density at radius 1 is 1.53 bits per heavy atom. The SMILES string of the molecule is O=C(CBr)c1ccc(F)c([N+](=O)[O-])c1Br. The van der Waals surface area contributed by atoms with Crippen molar-refractivity contribution in [3.63, 3.8) is 0 Å². The molecule has 0 aliphatic carbocycles. The molecule has 80 valence electrons. The minimum atomic E-state index is -0.974. The van der Waals surface area contributed by atoms with Crippen molar-refractivity contribution in [2.24, 2.45) is 0 Å². The van der Waals surface area contributed by atoms with E-state index in [1.54, 1.807) is 0 Å². The minimum absolute atomic E-state index is 0.0222. The van der Waals surface area contributed by atoms with Gasteiger partial charge >= 0.3 is 5.69 Å². The largest absolute Gasteiger partial charge is 0.319 e. The number of carbonyl (C=O) groups excluding carboxylic acids is 1. The van der Waals surface area contributed by atoms with Crippen LogP contribution >= 0.6 is 31.9 Å². The molecule has 0 fully saturated rings. The number of nitro benzene ring substituents is 1. The number of nitro groups is 1. The smallest absolute Gasteiger partial charge is 0.293 e. The van der Waals surface area contributed by atoms with Gasteiger partial charge in [0.1, 0.15) is 4.47 Å². The van der Waals surface area contributed by atoms with Gasteiger partial charge in [-0.2, -0.15) is 4.39 Å². The molecule has 1 aromatic rings. The van der Waals surface area contributed by atoms with E-state index in [-0.39, 0.29) is 21.1 Å². The zero-order valence-electron chi connectivity index (χ0n) is 7.17. The van der Waals surface area contributed by atoms with Gasteiger partial charge in [0.05, 0.1) is 10.3 Å². The van der Waals surface area contributed by atoms with Crippen LogP contribution < -0.4 is 0 Å². The molecular weight excluding hydrogens is 337 g/mol. The fraction of sp³-hybridized carbons (Fsp3) is 0.125. The molecule has 0 radical (unpaired) electrons. The molecule has 0 saturated carbocycles. The molecule has 15 heavy (non-hydrogen) atoms. The summed E-state index contributed by atoms with van der Waals surface area (Å²) in [6.07, 6.45) is 0. The molecule has 0 bridgehead atoms. The van der Waals surface area contributed by atoms with Crippen molar-refractivity contribution in [1.82, 2.24) is 0 Å². The Labute approximate surface area is 101 Å². The maximum atomic E-state index is 13.1. The van der Waals surface area contributed by atoms with E-state index >= 15 is 0 Å². The molecular formula is C8H4Br2FNO3. The van der Waals surface area contributed by atoms with Crippen molar-refractivity contribution >= 4 is 43.3 Å². The second kappa shape index (κ2) is 4.80. The van der Waals surface area contributed by atoms with Crippen molar-refractivity contribution in [3.05, 3.63) is 38.1 Å². The molecule has 0 atom stereocenters. The topological polar surface area (TPSA) is 60.2 Å². The van der Waals surface area contributed by atoms with Crippen molar-refractivity contribution in [3.8, 4) is 0 Å². The van der Waals surface area contributed by atoms with E-state index < -0.39 is 16.4 Å². The number of halogens is 3. The Morgan fingerprint density at radius 3 is 2.60 bits per heavy atom. The molecule has 0 amide bonds. The van der Waals surface area contributed by atoms with E-state index in [1.165, 1.54) is 6.07 Å². The quantitative estimate of drug-likeness (QED) is 0.367. The van der Waals surface area contributed by atoms with Crippen LogP contribution in [0, 0.1) is 15.9 Å². The number of ketones is 1. The van der Waals surface area contributed by atoms with Gasteiger partial charge in [-0.1, -0.05) is 15.9 Å². The predicted molar refractivity (Wildman–Crippen MR) is 58.9 cm³/mol. The summed E-state index contributed by atoms with van der Waals surface area (Å²) in [5, 5.41) is 10.5. The van der Waals surface area contributed by atoms with Gasteiger partial charge < -0.3 is 0 Å². The summed E-state index contributed by atoms with van der Waals surface area (Å²) in [4.78, 5) is 20.9. The number of Topliss-reactive ketones (excluding diaryl/α,β-unsaturated/α-hetero) is 1. The van der Waals surface area contributed by atoms with Crippen LogP contribution in [-0.4, -0.2) is 16.0 Å². The van der Waals surface area contributed by atoms with Gasteiger partial charge in [-0.15, -0.1) is 0 Å². The molecule has 1 rings (SSSR count). The van der Waals surface area contributed by atoms with Gasteiger partial charge in [0.15, 0.2) is 5.78 Å². The molecule has 7 heteroatoms. The average Bonchev–Trinajstić information content (AvgIpc) is 2.16. The fourth-order valence-electron chi connectivity index (χ4n) is 0.996. The monoisotopic (exact) mass is 339 g/mol. The first-order chi connectivity index (χ1) is 6.99. The van der Waals surface area contributed by atoms with Crippen LogP contribution in [0.15, 0.2) is 16.6 Å². The summed E-state index contributed by atoms with van der Waals surface area (Å²) < 4.78 is 12.9. The molecule has 1 aromatic carbocycles. The Kier molecular flexibility index (Phi) is 3.92. The van der Waals surface area contributed by atoms with Crippen LogP contribution in [0.25, 0.3) is 0 Å². The lowest BCUT2D eigenvalue weighted by molar-refractivity contribution is -0.388. The van der Waals surface area contributed by atoms with Crippen LogP contribution in [0.3, 0.4) is 0 Å². The molecule has 0 aliphatic heterocycles. The molecule has 0 N–H and O–H groups in total. The predicted octanol–water partition coefficient (Wildman–Crippen LogP) is 3.07. The number of hydrogen-bond acceptors (Lipinski definition) is 3. The van der Waals surface area contributed by atoms with Gasteiger partial charge in [-0.05, 0) is 28.1 Å². The second-order valence-corrected chi connectivity index (χ2v) is 3.93. The van der Waals surface area contributed by atoms with Gasteiger partial charge in [-0.25, -0.2) is 0 Å². The molecule has 0 aliphatic rings. The highest BCUT2D eigenvalue weighted by Gasteiger charge is 2.24. The first kappa shape index (κ1) is 12.3. The zero-order valence-corrected chi connectivity index (χ0v) is 10.3. The van der Waals surface area contributed by atoms with Gasteiger partial charge in [0.25, 0.3) is 0 Å². The Morgan fingerprint density at radius 2 is 2.13 bits per heavy atom. The van der Waals surface area contributed by atoms with Gasteiger partial charge in [0, 0.05) is 5.56 Å². The summed E-state index contributed by atoms with van der Waals surface area (Å²) >= 11 is 5.78. The number of nitrogens with zero attached hydrogens (tertiary/aromatic N) is 1. The highest BCUT2D eigenvalue weighted by molar-refractivity contribution is 9.10. The third-order valence-corrected chi connectivity index (χ3v) is 2.98. The Balaban J connectivity index is 3.41. The zero-order chi connectivity index (χ0) is 11.6. The number of carbonyl (C=O) groups is 1. The van der Waals surface area contributed by atoms with Crippen molar-refractivity contribution in [1.29, 1.82) is 0 Å². The highest BCUT2D eigenvalue weighted by Crippen LogP contribution is 2.31. The third kappa shape index (κ3) is 2.40. The molecule has 4 nitrogen and oxygen atoms in total. The molecule has 0 heterocycles. The van der Waals surface area contributed by atoms with Crippen molar-refractivity contribution < 1.29 is 14.1 Å². The number of hydrogen-bond donors (Lipinski definition) is 0. The second-order valence-electron chi connectivity index (χ2n) is 2.57. The van der Waals surface area contributed by atoms with Gasteiger partial charge in [-0.3, -0.25) is 14.9 Å². The van der Waals surface area contributed by atoms with Crippen LogP contribution in [0.5, 0.6) is 0 Å². The van der Waals surface area contributed by atoms with E-state index in [0.29, 0.717) is 0 Å². The lowest BCUT2D eigenvalue weighted by Gasteiger charge is -2.02. The minimum Gasteiger partial charge on any atom is -0.293 e. The van der Waals surface area contributed by atoms with E-state index in [0.717, 1.165) is 6.07 Å². The Bertz CT molecular complexity index is 436. The summed E-state index contributed by atoms with van der Waals surface area (Å²) in [7, 11) is 0. The van der Waals surface area contributed by atoms with E-state index in [9.17, 15) is 19.3 Å². The highest BCUT2D eigenvalue weighted by atomic mass is 79.9. The van der Waals surface area contributed by atoms with Gasteiger partial charge in [0.2, 0.25) is 5.82 Å². The number of rotatable bonds is 3. The van der Waals surface area contributed by atoms with Crippen LogP contribution in [-0.2, 0) is 0 Å². The summed E-state index contributed by atoms with van der Waals surface area (Å²) in [5.74, 6) is -1.33.